The number of ether oxygens (including phenoxy) is 2. The summed E-state index contributed by atoms with van der Waals surface area (Å²) in [5.41, 5.74) is 0. The van der Waals surface area contributed by atoms with Gasteiger partial charge in [0.15, 0.2) is 0 Å². The van der Waals surface area contributed by atoms with Crippen molar-refractivity contribution in [1.29, 1.82) is 0 Å². The van der Waals surface area contributed by atoms with Gasteiger partial charge in [-0.25, -0.2) is 4.79 Å². The highest BCUT2D eigenvalue weighted by molar-refractivity contribution is 5.60. The molecule has 1 fully saturated rings. The summed E-state index contributed by atoms with van der Waals surface area (Å²) >= 11 is 0. The Morgan fingerprint density at radius 2 is 2.08 bits per heavy atom. The number of carbonyl (C=O) groups excluding carboxylic acids is 1. The van der Waals surface area contributed by atoms with Gasteiger partial charge in [-0.2, -0.15) is 0 Å². The minimum Gasteiger partial charge on any atom is -0.431 e. The Kier molecular flexibility index (Phi) is 4.06. The highest BCUT2D eigenvalue weighted by Gasteiger charge is 2.24. The molecule has 0 aromatic heterocycles. The average Bonchev–Trinajstić information content (AvgIpc) is 2.55. The van der Waals surface area contributed by atoms with Crippen molar-refractivity contribution in [3.8, 4) is 0 Å². The van der Waals surface area contributed by atoms with E-state index in [0.29, 0.717) is 5.92 Å². The molecule has 1 aliphatic rings. The van der Waals surface area contributed by atoms with Gasteiger partial charge in [-0.3, -0.25) is 0 Å². The van der Waals surface area contributed by atoms with E-state index in [2.05, 4.69) is 4.74 Å². The van der Waals surface area contributed by atoms with Gasteiger partial charge in [0.25, 0.3) is 0 Å². The van der Waals surface area contributed by atoms with Crippen LogP contribution >= 0.6 is 0 Å². The standard InChI is InChI=1S/C10H17O3/c1-3-12-10(11)13-8(2)9-6-4-5-7-9/h3,8-9H,4-7H2,1-2H3. The van der Waals surface area contributed by atoms with Gasteiger partial charge in [-0.1, -0.05) is 12.8 Å². The fourth-order valence-electron chi connectivity index (χ4n) is 1.80. The largest absolute Gasteiger partial charge is 0.508 e. The van der Waals surface area contributed by atoms with Crippen molar-refractivity contribution in [2.75, 3.05) is 0 Å². The molecule has 1 atom stereocenters. The molecular weight excluding hydrogens is 168 g/mol. The van der Waals surface area contributed by atoms with Crippen molar-refractivity contribution in [3.63, 3.8) is 0 Å². The highest BCUT2D eigenvalue weighted by Crippen LogP contribution is 2.29. The van der Waals surface area contributed by atoms with E-state index in [4.69, 9.17) is 4.74 Å². The lowest BCUT2D eigenvalue weighted by molar-refractivity contribution is 0.0237. The zero-order chi connectivity index (χ0) is 9.68. The normalized spacial score (nSPS) is 19.8. The molecule has 13 heavy (non-hydrogen) atoms. The third-order valence-electron chi connectivity index (χ3n) is 2.56. The molecule has 0 saturated heterocycles. The first kappa shape index (κ1) is 10.4. The first-order chi connectivity index (χ1) is 6.24. The van der Waals surface area contributed by atoms with Gasteiger partial charge >= 0.3 is 6.16 Å². The molecule has 0 heterocycles. The van der Waals surface area contributed by atoms with Crippen LogP contribution in [0.2, 0.25) is 0 Å². The van der Waals surface area contributed by atoms with Crippen LogP contribution in [0.1, 0.15) is 39.5 Å². The average molecular weight is 185 g/mol. The zero-order valence-electron chi connectivity index (χ0n) is 8.29. The molecule has 0 spiro atoms. The first-order valence-electron chi connectivity index (χ1n) is 4.89. The number of hydrogen-bond acceptors (Lipinski definition) is 3. The van der Waals surface area contributed by atoms with Gasteiger partial charge in [0.1, 0.15) is 12.7 Å². The summed E-state index contributed by atoms with van der Waals surface area (Å²) in [5.74, 6) is 0.532. The highest BCUT2D eigenvalue weighted by atomic mass is 16.7. The first-order valence-corrected chi connectivity index (χ1v) is 4.89. The van der Waals surface area contributed by atoms with Gasteiger partial charge in [-0.15, -0.1) is 0 Å². The maximum absolute atomic E-state index is 10.9. The Morgan fingerprint density at radius 3 is 2.62 bits per heavy atom. The molecule has 1 radical (unpaired) electrons. The van der Waals surface area contributed by atoms with Crippen LogP contribution in [-0.2, 0) is 9.47 Å². The Balaban J connectivity index is 2.22. The van der Waals surface area contributed by atoms with E-state index < -0.39 is 6.16 Å². The summed E-state index contributed by atoms with van der Waals surface area (Å²) < 4.78 is 9.67. The van der Waals surface area contributed by atoms with E-state index in [1.54, 1.807) is 6.92 Å². The molecule has 1 aliphatic carbocycles. The topological polar surface area (TPSA) is 35.5 Å². The zero-order valence-corrected chi connectivity index (χ0v) is 8.29. The lowest BCUT2D eigenvalue weighted by Crippen LogP contribution is -2.22. The van der Waals surface area contributed by atoms with Crippen LogP contribution in [0.25, 0.3) is 0 Å². The van der Waals surface area contributed by atoms with Crippen LogP contribution < -0.4 is 0 Å². The predicted molar refractivity (Wildman–Crippen MR) is 49.0 cm³/mol. The fraction of sp³-hybridized carbons (Fsp3) is 0.800. The van der Waals surface area contributed by atoms with Crippen LogP contribution in [0.3, 0.4) is 0 Å². The summed E-state index contributed by atoms with van der Waals surface area (Å²) in [7, 11) is 0. The smallest absolute Gasteiger partial charge is 0.431 e. The lowest BCUT2D eigenvalue weighted by atomic mass is 10.0. The van der Waals surface area contributed by atoms with Gasteiger partial charge in [0.2, 0.25) is 0 Å². The molecular formula is C10H17O3. The second-order valence-corrected chi connectivity index (χ2v) is 3.47. The van der Waals surface area contributed by atoms with Crippen LogP contribution in [-0.4, -0.2) is 12.3 Å². The molecule has 0 bridgehead atoms. The van der Waals surface area contributed by atoms with E-state index in [-0.39, 0.29) is 6.10 Å². The fourth-order valence-corrected chi connectivity index (χ4v) is 1.80. The van der Waals surface area contributed by atoms with Crippen LogP contribution in [0.4, 0.5) is 4.79 Å². The minimum atomic E-state index is -0.582. The van der Waals surface area contributed by atoms with Crippen molar-refractivity contribution >= 4 is 6.16 Å². The minimum absolute atomic E-state index is 0.00468. The summed E-state index contributed by atoms with van der Waals surface area (Å²) in [4.78, 5) is 10.9. The number of hydrogen-bond donors (Lipinski definition) is 0. The second-order valence-electron chi connectivity index (χ2n) is 3.47. The lowest BCUT2D eigenvalue weighted by Gasteiger charge is -2.18. The molecule has 3 heteroatoms. The predicted octanol–water partition coefficient (Wildman–Crippen LogP) is 2.90. The molecule has 0 amide bonds. The molecule has 1 rings (SSSR count). The third-order valence-corrected chi connectivity index (χ3v) is 2.56. The molecule has 0 aromatic carbocycles. The number of rotatable bonds is 3. The van der Waals surface area contributed by atoms with Gasteiger partial charge in [0, 0.05) is 0 Å². The van der Waals surface area contributed by atoms with Gasteiger partial charge in [-0.05, 0) is 32.6 Å². The van der Waals surface area contributed by atoms with Crippen molar-refractivity contribution in [2.45, 2.75) is 45.6 Å². The van der Waals surface area contributed by atoms with E-state index in [9.17, 15) is 4.79 Å². The molecule has 1 unspecified atom stereocenters. The molecule has 0 N–H and O–H groups in total. The summed E-state index contributed by atoms with van der Waals surface area (Å²) in [6.45, 7) is 4.93. The second kappa shape index (κ2) is 5.10. The van der Waals surface area contributed by atoms with Crippen molar-refractivity contribution in [2.24, 2.45) is 5.92 Å². The van der Waals surface area contributed by atoms with Crippen LogP contribution in [0.5, 0.6) is 0 Å². The SMILES string of the molecule is C[CH]OC(=O)OC(C)C1CCCC1. The number of carbonyl (C=O) groups is 1. The van der Waals surface area contributed by atoms with Crippen LogP contribution in [0.15, 0.2) is 0 Å². The molecule has 3 nitrogen and oxygen atoms in total. The van der Waals surface area contributed by atoms with Crippen LogP contribution in [0, 0.1) is 12.5 Å². The van der Waals surface area contributed by atoms with E-state index in [1.807, 2.05) is 6.92 Å². The van der Waals surface area contributed by atoms with E-state index >= 15 is 0 Å². The summed E-state index contributed by atoms with van der Waals surface area (Å²) in [5, 5.41) is 0. The molecule has 75 valence electrons. The Morgan fingerprint density at radius 1 is 1.46 bits per heavy atom. The maximum atomic E-state index is 10.9. The Labute approximate surface area is 79.4 Å². The summed E-state index contributed by atoms with van der Waals surface area (Å²) in [6.07, 6.45) is 4.27. The molecule has 0 aromatic rings. The van der Waals surface area contributed by atoms with Crippen molar-refractivity contribution in [3.05, 3.63) is 6.61 Å². The van der Waals surface area contributed by atoms with E-state index in [0.717, 1.165) is 0 Å². The van der Waals surface area contributed by atoms with E-state index in [1.165, 1.54) is 32.3 Å². The van der Waals surface area contributed by atoms with Gasteiger partial charge < -0.3 is 9.47 Å². The Hall–Kier alpha value is -0.730. The third kappa shape index (κ3) is 3.25. The Bertz CT molecular complexity index is 162. The summed E-state index contributed by atoms with van der Waals surface area (Å²) in [6, 6.07) is 0. The van der Waals surface area contributed by atoms with Crippen molar-refractivity contribution in [1.82, 2.24) is 0 Å². The van der Waals surface area contributed by atoms with Gasteiger partial charge in [0.05, 0.1) is 0 Å². The molecule has 0 aliphatic heterocycles. The van der Waals surface area contributed by atoms with Crippen molar-refractivity contribution < 1.29 is 14.3 Å². The molecule has 1 saturated carbocycles. The maximum Gasteiger partial charge on any atom is 0.508 e. The quantitative estimate of drug-likeness (QED) is 0.634. The monoisotopic (exact) mass is 185 g/mol.